The van der Waals surface area contributed by atoms with Gasteiger partial charge < -0.3 is 24.6 Å². The van der Waals surface area contributed by atoms with Crippen LogP contribution in [-0.2, 0) is 11.8 Å². The number of rotatable bonds is 5. The second-order valence-electron chi connectivity index (χ2n) is 6.29. The molecular formula is C18H22N6O2. The van der Waals surface area contributed by atoms with E-state index in [2.05, 4.69) is 20.2 Å². The minimum atomic E-state index is -0.270. The van der Waals surface area contributed by atoms with Gasteiger partial charge in [0.25, 0.3) is 0 Å². The van der Waals surface area contributed by atoms with Crippen molar-refractivity contribution in [3.8, 4) is 0 Å². The maximum absolute atomic E-state index is 9.88. The second-order valence-corrected chi connectivity index (χ2v) is 6.29. The molecular weight excluding hydrogens is 332 g/mol. The molecule has 0 spiro atoms. The summed E-state index contributed by atoms with van der Waals surface area (Å²) in [7, 11) is 1.91. The predicted molar refractivity (Wildman–Crippen MR) is 99.2 cm³/mol. The van der Waals surface area contributed by atoms with Gasteiger partial charge in [0.05, 0.1) is 32.2 Å². The van der Waals surface area contributed by atoms with Crippen molar-refractivity contribution in [2.45, 2.75) is 6.04 Å². The fraction of sp³-hybridized carbons (Fsp3) is 0.389. The Balaban J connectivity index is 1.73. The number of fused-ring (bicyclic) bond motifs is 1. The molecule has 1 fully saturated rings. The molecule has 136 valence electrons. The molecule has 1 aliphatic heterocycles. The standard InChI is InChI=1S/C18H22N6O2/c1-23-12-19-15-16(20-14(11-25)13-5-3-2-4-6-13)21-18(22-17(15)23)24-7-9-26-10-8-24/h2-6,12,14,25H,7-11H2,1H3,(H,20,21,22). The quantitative estimate of drug-likeness (QED) is 0.715. The van der Waals surface area contributed by atoms with Gasteiger partial charge in [0.1, 0.15) is 0 Å². The van der Waals surface area contributed by atoms with Crippen molar-refractivity contribution < 1.29 is 9.84 Å². The number of aromatic nitrogens is 4. The van der Waals surface area contributed by atoms with Gasteiger partial charge in [-0.15, -0.1) is 0 Å². The molecule has 0 radical (unpaired) electrons. The lowest BCUT2D eigenvalue weighted by atomic mass is 10.1. The Morgan fingerprint density at radius 2 is 1.96 bits per heavy atom. The molecule has 1 aromatic carbocycles. The fourth-order valence-corrected chi connectivity index (χ4v) is 3.09. The highest BCUT2D eigenvalue weighted by Gasteiger charge is 2.20. The molecule has 0 saturated carbocycles. The first-order chi connectivity index (χ1) is 12.8. The van der Waals surface area contributed by atoms with Crippen LogP contribution in [0.1, 0.15) is 11.6 Å². The van der Waals surface area contributed by atoms with Crippen LogP contribution in [0.4, 0.5) is 11.8 Å². The van der Waals surface area contributed by atoms with Crippen LogP contribution in [0, 0.1) is 0 Å². The van der Waals surface area contributed by atoms with E-state index >= 15 is 0 Å². The van der Waals surface area contributed by atoms with Gasteiger partial charge in [-0.1, -0.05) is 30.3 Å². The van der Waals surface area contributed by atoms with Crippen molar-refractivity contribution in [2.75, 3.05) is 43.1 Å². The van der Waals surface area contributed by atoms with Gasteiger partial charge in [0.2, 0.25) is 5.95 Å². The molecule has 0 amide bonds. The van der Waals surface area contributed by atoms with Gasteiger partial charge in [-0.25, -0.2) is 4.98 Å². The number of hydrogen-bond acceptors (Lipinski definition) is 7. The molecule has 1 unspecified atom stereocenters. The van der Waals surface area contributed by atoms with Crippen LogP contribution < -0.4 is 10.2 Å². The number of aliphatic hydroxyl groups excluding tert-OH is 1. The molecule has 0 bridgehead atoms. The van der Waals surface area contributed by atoms with Gasteiger partial charge >= 0.3 is 0 Å². The zero-order valence-electron chi connectivity index (χ0n) is 14.7. The largest absolute Gasteiger partial charge is 0.394 e. The zero-order valence-corrected chi connectivity index (χ0v) is 14.7. The molecule has 0 aliphatic carbocycles. The van der Waals surface area contributed by atoms with E-state index in [-0.39, 0.29) is 12.6 Å². The van der Waals surface area contributed by atoms with Crippen LogP contribution in [0.15, 0.2) is 36.7 Å². The highest BCUT2D eigenvalue weighted by atomic mass is 16.5. The Morgan fingerprint density at radius 1 is 1.19 bits per heavy atom. The molecule has 8 nitrogen and oxygen atoms in total. The average Bonchev–Trinajstić information content (AvgIpc) is 3.08. The average molecular weight is 354 g/mol. The summed E-state index contributed by atoms with van der Waals surface area (Å²) in [5.41, 5.74) is 2.44. The van der Waals surface area contributed by atoms with Gasteiger partial charge in [-0.2, -0.15) is 9.97 Å². The Labute approximate surface area is 151 Å². The van der Waals surface area contributed by atoms with Crippen LogP contribution >= 0.6 is 0 Å². The highest BCUT2D eigenvalue weighted by molar-refractivity contribution is 5.84. The Kier molecular flexibility index (Phi) is 4.68. The number of benzene rings is 1. The normalized spacial score (nSPS) is 16.0. The predicted octanol–water partition coefficient (Wildman–Crippen LogP) is 1.35. The molecule has 8 heteroatoms. The SMILES string of the molecule is Cn1cnc2c(NC(CO)c3ccccc3)nc(N3CCOCC3)nc21. The van der Waals surface area contributed by atoms with Gasteiger partial charge in [-0.3, -0.25) is 0 Å². The van der Waals surface area contributed by atoms with Crippen molar-refractivity contribution >= 4 is 22.9 Å². The number of aliphatic hydroxyl groups is 1. The van der Waals surface area contributed by atoms with E-state index in [0.29, 0.717) is 30.5 Å². The molecule has 26 heavy (non-hydrogen) atoms. The zero-order chi connectivity index (χ0) is 17.9. The lowest BCUT2D eigenvalue weighted by Crippen LogP contribution is -2.37. The molecule has 1 saturated heterocycles. The van der Waals surface area contributed by atoms with Crippen LogP contribution in [-0.4, -0.2) is 57.5 Å². The molecule has 4 rings (SSSR count). The summed E-state index contributed by atoms with van der Waals surface area (Å²) in [4.78, 5) is 15.9. The van der Waals surface area contributed by atoms with Crippen LogP contribution in [0.25, 0.3) is 11.2 Å². The number of nitrogens with zero attached hydrogens (tertiary/aromatic N) is 5. The summed E-state index contributed by atoms with van der Waals surface area (Å²) in [6.07, 6.45) is 1.73. The van der Waals surface area contributed by atoms with E-state index in [4.69, 9.17) is 9.72 Å². The maximum atomic E-state index is 9.88. The van der Waals surface area contributed by atoms with Gasteiger partial charge in [0, 0.05) is 20.1 Å². The first-order valence-corrected chi connectivity index (χ1v) is 8.70. The lowest BCUT2D eigenvalue weighted by Gasteiger charge is -2.27. The second kappa shape index (κ2) is 7.27. The molecule has 2 aromatic heterocycles. The summed E-state index contributed by atoms with van der Waals surface area (Å²) in [6, 6.07) is 9.55. The number of imidazole rings is 1. The van der Waals surface area contributed by atoms with E-state index in [1.807, 2.05) is 41.9 Å². The van der Waals surface area contributed by atoms with Crippen molar-refractivity contribution in [2.24, 2.45) is 7.05 Å². The summed E-state index contributed by atoms with van der Waals surface area (Å²) < 4.78 is 7.30. The molecule has 1 aliphatic rings. The van der Waals surface area contributed by atoms with Crippen molar-refractivity contribution in [3.63, 3.8) is 0 Å². The third kappa shape index (κ3) is 3.21. The number of morpholine rings is 1. The van der Waals surface area contributed by atoms with Crippen LogP contribution in [0.5, 0.6) is 0 Å². The van der Waals surface area contributed by atoms with Gasteiger partial charge in [-0.05, 0) is 5.56 Å². The minimum Gasteiger partial charge on any atom is -0.394 e. The highest BCUT2D eigenvalue weighted by Crippen LogP contribution is 2.26. The van der Waals surface area contributed by atoms with Crippen molar-refractivity contribution in [3.05, 3.63) is 42.2 Å². The van der Waals surface area contributed by atoms with Crippen LogP contribution in [0.2, 0.25) is 0 Å². The topological polar surface area (TPSA) is 88.3 Å². The summed E-state index contributed by atoms with van der Waals surface area (Å²) >= 11 is 0. The van der Waals surface area contributed by atoms with E-state index in [9.17, 15) is 5.11 Å². The Hall–Kier alpha value is -2.71. The summed E-state index contributed by atoms with van der Waals surface area (Å²) in [5, 5.41) is 13.2. The molecule has 3 heterocycles. The molecule has 3 aromatic rings. The molecule has 2 N–H and O–H groups in total. The lowest BCUT2D eigenvalue weighted by molar-refractivity contribution is 0.122. The van der Waals surface area contributed by atoms with Crippen molar-refractivity contribution in [1.82, 2.24) is 19.5 Å². The van der Waals surface area contributed by atoms with Crippen LogP contribution in [0.3, 0.4) is 0 Å². The smallest absolute Gasteiger partial charge is 0.229 e. The Bertz CT molecular complexity index is 876. The van der Waals surface area contributed by atoms with E-state index < -0.39 is 0 Å². The summed E-state index contributed by atoms with van der Waals surface area (Å²) in [5.74, 6) is 1.27. The monoisotopic (exact) mass is 354 g/mol. The number of aryl methyl sites for hydroxylation is 1. The molecule has 1 atom stereocenters. The third-order valence-electron chi connectivity index (χ3n) is 4.54. The van der Waals surface area contributed by atoms with E-state index in [1.165, 1.54) is 0 Å². The van der Waals surface area contributed by atoms with Crippen molar-refractivity contribution in [1.29, 1.82) is 0 Å². The first kappa shape index (κ1) is 16.7. The number of hydrogen-bond donors (Lipinski definition) is 2. The Morgan fingerprint density at radius 3 is 2.69 bits per heavy atom. The first-order valence-electron chi connectivity index (χ1n) is 8.70. The fourth-order valence-electron chi connectivity index (χ4n) is 3.09. The number of ether oxygens (including phenoxy) is 1. The van der Waals surface area contributed by atoms with Gasteiger partial charge in [0.15, 0.2) is 17.0 Å². The van der Waals surface area contributed by atoms with E-state index in [0.717, 1.165) is 24.3 Å². The minimum absolute atomic E-state index is 0.0464. The summed E-state index contributed by atoms with van der Waals surface area (Å²) in [6.45, 7) is 2.79. The number of nitrogens with one attached hydrogen (secondary N) is 1. The van der Waals surface area contributed by atoms with E-state index in [1.54, 1.807) is 6.33 Å². The maximum Gasteiger partial charge on any atom is 0.229 e. The third-order valence-corrected chi connectivity index (χ3v) is 4.54. The number of anilines is 2.